The van der Waals surface area contributed by atoms with Crippen molar-refractivity contribution in [2.75, 3.05) is 39.4 Å². The van der Waals surface area contributed by atoms with Crippen molar-refractivity contribution >= 4 is 0 Å². The van der Waals surface area contributed by atoms with Crippen LogP contribution in [-0.4, -0.2) is 49.8 Å². The fraction of sp³-hybridized carbons (Fsp3) is 1.00. The van der Waals surface area contributed by atoms with Crippen molar-refractivity contribution in [2.24, 2.45) is 0 Å². The summed E-state index contributed by atoms with van der Waals surface area (Å²) in [5.41, 5.74) is 0.352. The van der Waals surface area contributed by atoms with E-state index in [1.54, 1.807) is 0 Å². The minimum atomic E-state index is 0.352. The first-order valence-corrected chi connectivity index (χ1v) is 6.26. The van der Waals surface area contributed by atoms with E-state index < -0.39 is 0 Å². The van der Waals surface area contributed by atoms with E-state index in [-0.39, 0.29) is 0 Å². The Morgan fingerprint density at radius 2 is 2.20 bits per heavy atom. The van der Waals surface area contributed by atoms with Crippen LogP contribution < -0.4 is 5.32 Å². The van der Waals surface area contributed by atoms with Gasteiger partial charge < -0.3 is 10.1 Å². The van der Waals surface area contributed by atoms with Crippen LogP contribution in [0.25, 0.3) is 0 Å². The van der Waals surface area contributed by atoms with Gasteiger partial charge in [0.25, 0.3) is 0 Å². The molecule has 0 saturated carbocycles. The lowest BCUT2D eigenvalue weighted by Gasteiger charge is -2.45. The van der Waals surface area contributed by atoms with E-state index in [1.807, 2.05) is 0 Å². The molecule has 1 unspecified atom stereocenters. The van der Waals surface area contributed by atoms with Gasteiger partial charge in [-0.2, -0.15) is 0 Å². The number of hydrogen-bond acceptors (Lipinski definition) is 3. The molecule has 0 bridgehead atoms. The highest BCUT2D eigenvalue weighted by atomic mass is 16.5. The van der Waals surface area contributed by atoms with E-state index in [0.717, 1.165) is 32.7 Å². The number of rotatable bonds is 6. The Labute approximate surface area is 94.2 Å². The fourth-order valence-corrected chi connectivity index (χ4v) is 2.19. The molecule has 0 amide bonds. The molecule has 0 aromatic carbocycles. The third-order valence-corrected chi connectivity index (χ3v) is 3.51. The molecule has 15 heavy (non-hydrogen) atoms. The Morgan fingerprint density at radius 1 is 1.40 bits per heavy atom. The second kappa shape index (κ2) is 6.46. The molecular formula is C12H26N2O. The van der Waals surface area contributed by atoms with Crippen LogP contribution in [0.2, 0.25) is 0 Å². The third kappa shape index (κ3) is 3.74. The summed E-state index contributed by atoms with van der Waals surface area (Å²) in [6.45, 7) is 13.0. The normalized spacial score (nSPS) is 28.2. The Bertz CT molecular complexity index is 175. The van der Waals surface area contributed by atoms with Crippen molar-refractivity contribution in [3.63, 3.8) is 0 Å². The van der Waals surface area contributed by atoms with Crippen LogP contribution in [0, 0.1) is 0 Å². The average Bonchev–Trinajstić information content (AvgIpc) is 2.27. The average molecular weight is 214 g/mol. The van der Waals surface area contributed by atoms with Gasteiger partial charge in [0.15, 0.2) is 0 Å². The Kier molecular flexibility index (Phi) is 5.58. The first kappa shape index (κ1) is 12.9. The van der Waals surface area contributed by atoms with Crippen molar-refractivity contribution in [2.45, 2.75) is 39.2 Å². The van der Waals surface area contributed by atoms with Gasteiger partial charge in [0.1, 0.15) is 0 Å². The predicted octanol–water partition coefficient (Wildman–Crippen LogP) is 1.49. The van der Waals surface area contributed by atoms with E-state index in [9.17, 15) is 0 Å². The van der Waals surface area contributed by atoms with Gasteiger partial charge in [-0.15, -0.1) is 0 Å². The van der Waals surface area contributed by atoms with Gasteiger partial charge in [0, 0.05) is 44.9 Å². The zero-order chi connectivity index (χ0) is 11.1. The quantitative estimate of drug-likeness (QED) is 0.678. The Hall–Kier alpha value is -0.120. The number of nitrogens with zero attached hydrogens (tertiary/aromatic N) is 1. The number of hydrogen-bond donors (Lipinski definition) is 1. The lowest BCUT2D eigenvalue weighted by molar-refractivity contribution is 0.0564. The largest absolute Gasteiger partial charge is 0.382 e. The summed E-state index contributed by atoms with van der Waals surface area (Å²) in [6.07, 6.45) is 2.37. The summed E-state index contributed by atoms with van der Waals surface area (Å²) in [6, 6.07) is 0. The van der Waals surface area contributed by atoms with Crippen molar-refractivity contribution in [1.82, 2.24) is 10.2 Å². The highest BCUT2D eigenvalue weighted by molar-refractivity contribution is 4.90. The van der Waals surface area contributed by atoms with Crippen molar-refractivity contribution in [1.29, 1.82) is 0 Å². The SMILES string of the molecule is CCOCCCN1CCNCC1(C)CC. The molecule has 3 heteroatoms. The second-order valence-corrected chi connectivity index (χ2v) is 4.56. The first-order valence-electron chi connectivity index (χ1n) is 6.26. The smallest absolute Gasteiger partial charge is 0.0478 e. The van der Waals surface area contributed by atoms with Crippen LogP contribution in [0.15, 0.2) is 0 Å². The number of ether oxygens (including phenoxy) is 1. The topological polar surface area (TPSA) is 24.5 Å². The van der Waals surface area contributed by atoms with Crippen LogP contribution in [0.5, 0.6) is 0 Å². The molecule has 1 saturated heterocycles. The monoisotopic (exact) mass is 214 g/mol. The zero-order valence-electron chi connectivity index (χ0n) is 10.5. The van der Waals surface area contributed by atoms with E-state index in [0.29, 0.717) is 5.54 Å². The molecule has 1 atom stereocenters. The summed E-state index contributed by atoms with van der Waals surface area (Å²) in [7, 11) is 0. The minimum absolute atomic E-state index is 0.352. The maximum atomic E-state index is 5.38. The van der Waals surface area contributed by atoms with Gasteiger partial charge in [0.05, 0.1) is 0 Å². The van der Waals surface area contributed by atoms with Gasteiger partial charge in [-0.3, -0.25) is 4.90 Å². The van der Waals surface area contributed by atoms with Gasteiger partial charge in [-0.25, -0.2) is 0 Å². The van der Waals surface area contributed by atoms with Gasteiger partial charge >= 0.3 is 0 Å². The highest BCUT2D eigenvalue weighted by Gasteiger charge is 2.31. The van der Waals surface area contributed by atoms with Crippen LogP contribution in [0.4, 0.5) is 0 Å². The summed E-state index contributed by atoms with van der Waals surface area (Å²) >= 11 is 0. The molecule has 0 radical (unpaired) electrons. The maximum Gasteiger partial charge on any atom is 0.0478 e. The summed E-state index contributed by atoms with van der Waals surface area (Å²) < 4.78 is 5.38. The minimum Gasteiger partial charge on any atom is -0.382 e. The maximum absolute atomic E-state index is 5.38. The molecule has 1 rings (SSSR count). The highest BCUT2D eigenvalue weighted by Crippen LogP contribution is 2.20. The van der Waals surface area contributed by atoms with Gasteiger partial charge in [-0.05, 0) is 26.7 Å². The molecule has 1 fully saturated rings. The fourth-order valence-electron chi connectivity index (χ4n) is 2.19. The molecule has 1 heterocycles. The summed E-state index contributed by atoms with van der Waals surface area (Å²) in [5, 5.41) is 3.48. The van der Waals surface area contributed by atoms with Crippen molar-refractivity contribution in [3.8, 4) is 0 Å². The lowest BCUT2D eigenvalue weighted by atomic mass is 9.94. The molecule has 0 aromatic rings. The molecule has 90 valence electrons. The standard InChI is InChI=1S/C12H26N2O/c1-4-12(3)11-13-7-9-14(12)8-6-10-15-5-2/h13H,4-11H2,1-3H3. The summed E-state index contributed by atoms with van der Waals surface area (Å²) in [4.78, 5) is 2.61. The Balaban J connectivity index is 2.30. The molecule has 0 spiro atoms. The van der Waals surface area contributed by atoms with Gasteiger partial charge in [0.2, 0.25) is 0 Å². The van der Waals surface area contributed by atoms with E-state index >= 15 is 0 Å². The lowest BCUT2D eigenvalue weighted by Crippen LogP contribution is -2.59. The van der Waals surface area contributed by atoms with Crippen LogP contribution >= 0.6 is 0 Å². The van der Waals surface area contributed by atoms with E-state index in [1.165, 1.54) is 19.5 Å². The molecule has 1 aliphatic rings. The third-order valence-electron chi connectivity index (χ3n) is 3.51. The van der Waals surface area contributed by atoms with Crippen molar-refractivity contribution in [3.05, 3.63) is 0 Å². The van der Waals surface area contributed by atoms with Gasteiger partial charge in [-0.1, -0.05) is 6.92 Å². The first-order chi connectivity index (χ1) is 7.23. The number of nitrogens with one attached hydrogen (secondary N) is 1. The molecule has 1 N–H and O–H groups in total. The van der Waals surface area contributed by atoms with E-state index in [2.05, 4.69) is 31.0 Å². The molecule has 0 aliphatic carbocycles. The molecule has 0 aromatic heterocycles. The van der Waals surface area contributed by atoms with Crippen LogP contribution in [0.3, 0.4) is 0 Å². The number of piperazine rings is 1. The molecular weight excluding hydrogens is 188 g/mol. The van der Waals surface area contributed by atoms with Crippen LogP contribution in [0.1, 0.15) is 33.6 Å². The van der Waals surface area contributed by atoms with Crippen LogP contribution in [-0.2, 0) is 4.74 Å². The molecule has 1 aliphatic heterocycles. The summed E-state index contributed by atoms with van der Waals surface area (Å²) in [5.74, 6) is 0. The van der Waals surface area contributed by atoms with E-state index in [4.69, 9.17) is 4.74 Å². The second-order valence-electron chi connectivity index (χ2n) is 4.56. The van der Waals surface area contributed by atoms with Crippen molar-refractivity contribution < 1.29 is 4.74 Å². The zero-order valence-corrected chi connectivity index (χ0v) is 10.5. The Morgan fingerprint density at radius 3 is 2.87 bits per heavy atom. The predicted molar refractivity (Wildman–Crippen MR) is 64.2 cm³/mol. The molecule has 3 nitrogen and oxygen atoms in total.